The van der Waals surface area contributed by atoms with Crippen molar-refractivity contribution in [3.8, 4) is 0 Å². The van der Waals surface area contributed by atoms with E-state index in [1.54, 1.807) is 18.2 Å². The highest BCUT2D eigenvalue weighted by atomic mass is 16.5. The Morgan fingerprint density at radius 1 is 1.09 bits per heavy atom. The van der Waals surface area contributed by atoms with Gasteiger partial charge in [-0.3, -0.25) is 4.79 Å². The first-order chi connectivity index (χ1) is 11.0. The molecule has 0 aromatic heterocycles. The number of amides is 1. The fraction of sp³-hybridized carbons (Fsp3) is 0.222. The molecule has 5 heteroatoms. The van der Waals surface area contributed by atoms with Gasteiger partial charge < -0.3 is 15.0 Å². The Bertz CT molecular complexity index is 694. The molecule has 0 radical (unpaired) electrons. The molecule has 0 heterocycles. The van der Waals surface area contributed by atoms with Crippen LogP contribution >= 0.6 is 0 Å². The van der Waals surface area contributed by atoms with Crippen molar-refractivity contribution in [3.05, 3.63) is 59.7 Å². The molecule has 120 valence electrons. The lowest BCUT2D eigenvalue weighted by Crippen LogP contribution is -2.21. The minimum atomic E-state index is -0.519. The van der Waals surface area contributed by atoms with Gasteiger partial charge in [0.25, 0.3) is 5.91 Å². The molecule has 2 aromatic carbocycles. The SMILES string of the molecule is Cc1cccc(NC(=O)COC(=O)c2ccc(N(C)C)cc2)c1. The number of hydrogen-bond acceptors (Lipinski definition) is 4. The molecular formula is C18H20N2O3. The van der Waals surface area contributed by atoms with Gasteiger partial charge in [-0.15, -0.1) is 0 Å². The smallest absolute Gasteiger partial charge is 0.338 e. The van der Waals surface area contributed by atoms with Crippen LogP contribution < -0.4 is 10.2 Å². The van der Waals surface area contributed by atoms with Crippen molar-refractivity contribution in [2.24, 2.45) is 0 Å². The number of anilines is 2. The van der Waals surface area contributed by atoms with Crippen LogP contribution in [0.5, 0.6) is 0 Å². The Kier molecular flexibility index (Phi) is 5.36. The highest BCUT2D eigenvalue weighted by Gasteiger charge is 2.10. The molecule has 0 spiro atoms. The summed E-state index contributed by atoms with van der Waals surface area (Å²) < 4.78 is 5.03. The maximum Gasteiger partial charge on any atom is 0.338 e. The lowest BCUT2D eigenvalue weighted by molar-refractivity contribution is -0.119. The highest BCUT2D eigenvalue weighted by Crippen LogP contribution is 2.13. The number of carbonyl (C=O) groups excluding carboxylic acids is 2. The molecular weight excluding hydrogens is 292 g/mol. The van der Waals surface area contributed by atoms with Gasteiger partial charge in [0.05, 0.1) is 5.56 Å². The second kappa shape index (κ2) is 7.45. The summed E-state index contributed by atoms with van der Waals surface area (Å²) >= 11 is 0. The predicted molar refractivity (Wildman–Crippen MR) is 90.9 cm³/mol. The van der Waals surface area contributed by atoms with Crippen molar-refractivity contribution in [1.82, 2.24) is 0 Å². The average molecular weight is 312 g/mol. The summed E-state index contributed by atoms with van der Waals surface area (Å²) in [7, 11) is 3.84. The van der Waals surface area contributed by atoms with Crippen LogP contribution in [0.25, 0.3) is 0 Å². The number of esters is 1. The number of nitrogens with zero attached hydrogens (tertiary/aromatic N) is 1. The van der Waals surface area contributed by atoms with Gasteiger partial charge in [0.1, 0.15) is 0 Å². The van der Waals surface area contributed by atoms with Crippen LogP contribution in [0.4, 0.5) is 11.4 Å². The summed E-state index contributed by atoms with van der Waals surface area (Å²) in [6, 6.07) is 14.4. The number of aryl methyl sites for hydroxylation is 1. The van der Waals surface area contributed by atoms with E-state index in [0.717, 1.165) is 11.3 Å². The molecule has 0 aliphatic heterocycles. The van der Waals surface area contributed by atoms with Crippen LogP contribution in [0.3, 0.4) is 0 Å². The zero-order chi connectivity index (χ0) is 16.8. The Morgan fingerprint density at radius 3 is 2.39 bits per heavy atom. The lowest BCUT2D eigenvalue weighted by atomic mass is 10.2. The minimum absolute atomic E-state index is 0.317. The second-order valence-electron chi connectivity index (χ2n) is 5.44. The van der Waals surface area contributed by atoms with Gasteiger partial charge in [0.2, 0.25) is 0 Å². The van der Waals surface area contributed by atoms with E-state index in [0.29, 0.717) is 11.3 Å². The molecule has 1 amide bonds. The monoisotopic (exact) mass is 312 g/mol. The molecule has 0 bridgehead atoms. The van der Waals surface area contributed by atoms with Crippen LogP contribution in [-0.2, 0) is 9.53 Å². The van der Waals surface area contributed by atoms with Crippen LogP contribution in [0.2, 0.25) is 0 Å². The summed E-state index contributed by atoms with van der Waals surface area (Å²) in [5.74, 6) is -0.886. The fourth-order valence-corrected chi connectivity index (χ4v) is 2.03. The largest absolute Gasteiger partial charge is 0.452 e. The average Bonchev–Trinajstić information content (AvgIpc) is 2.52. The van der Waals surface area contributed by atoms with Gasteiger partial charge in [-0.25, -0.2) is 4.79 Å². The highest BCUT2D eigenvalue weighted by molar-refractivity contribution is 5.95. The molecule has 0 saturated carbocycles. The Morgan fingerprint density at radius 2 is 1.78 bits per heavy atom. The molecule has 0 unspecified atom stereocenters. The number of hydrogen-bond donors (Lipinski definition) is 1. The number of carbonyl (C=O) groups is 2. The topological polar surface area (TPSA) is 58.6 Å². The summed E-state index contributed by atoms with van der Waals surface area (Å²) in [5, 5.41) is 2.69. The zero-order valence-corrected chi connectivity index (χ0v) is 13.5. The second-order valence-corrected chi connectivity index (χ2v) is 5.44. The van der Waals surface area contributed by atoms with Crippen LogP contribution in [0.15, 0.2) is 48.5 Å². The molecule has 2 aromatic rings. The van der Waals surface area contributed by atoms with E-state index in [-0.39, 0.29) is 12.5 Å². The molecule has 23 heavy (non-hydrogen) atoms. The Hall–Kier alpha value is -2.82. The summed E-state index contributed by atoms with van der Waals surface area (Å²) in [4.78, 5) is 25.7. The van der Waals surface area contributed by atoms with Gasteiger partial charge in [0.15, 0.2) is 6.61 Å². The van der Waals surface area contributed by atoms with E-state index in [2.05, 4.69) is 5.32 Å². The Balaban J connectivity index is 1.87. The van der Waals surface area contributed by atoms with Gasteiger partial charge in [0, 0.05) is 25.5 Å². The van der Waals surface area contributed by atoms with Crippen LogP contribution in [0, 0.1) is 6.92 Å². The standard InChI is InChI=1S/C18H20N2O3/c1-13-5-4-6-15(11-13)19-17(21)12-23-18(22)14-7-9-16(10-8-14)20(2)3/h4-11H,12H2,1-3H3,(H,19,21). The van der Waals surface area contributed by atoms with Crippen LogP contribution in [-0.4, -0.2) is 32.6 Å². The molecule has 0 aliphatic carbocycles. The van der Waals surface area contributed by atoms with Crippen molar-refractivity contribution < 1.29 is 14.3 Å². The van der Waals surface area contributed by atoms with Crippen molar-refractivity contribution in [3.63, 3.8) is 0 Å². The van der Waals surface area contributed by atoms with E-state index < -0.39 is 5.97 Å². The zero-order valence-electron chi connectivity index (χ0n) is 13.5. The van der Waals surface area contributed by atoms with Crippen LogP contribution in [0.1, 0.15) is 15.9 Å². The fourth-order valence-electron chi connectivity index (χ4n) is 2.03. The van der Waals surface area contributed by atoms with Gasteiger partial charge >= 0.3 is 5.97 Å². The third kappa shape index (κ3) is 4.85. The molecule has 0 saturated heterocycles. The first kappa shape index (κ1) is 16.5. The van der Waals surface area contributed by atoms with Gasteiger partial charge in [-0.2, -0.15) is 0 Å². The summed E-state index contributed by atoms with van der Waals surface area (Å²) in [6.07, 6.45) is 0. The first-order valence-corrected chi connectivity index (χ1v) is 7.27. The maximum absolute atomic E-state index is 11.9. The van der Waals surface area contributed by atoms with E-state index in [4.69, 9.17) is 4.74 Å². The van der Waals surface area contributed by atoms with E-state index in [1.165, 1.54) is 0 Å². The van der Waals surface area contributed by atoms with E-state index in [1.807, 2.05) is 56.3 Å². The van der Waals surface area contributed by atoms with Gasteiger partial charge in [-0.1, -0.05) is 12.1 Å². The normalized spacial score (nSPS) is 10.0. The first-order valence-electron chi connectivity index (χ1n) is 7.27. The molecule has 2 rings (SSSR count). The quantitative estimate of drug-likeness (QED) is 0.863. The predicted octanol–water partition coefficient (Wildman–Crippen LogP) is 2.86. The summed E-state index contributed by atoms with van der Waals surface area (Å²) in [6.45, 7) is 1.62. The molecule has 5 nitrogen and oxygen atoms in total. The van der Waals surface area contributed by atoms with E-state index >= 15 is 0 Å². The van der Waals surface area contributed by atoms with Crippen molar-refractivity contribution >= 4 is 23.3 Å². The lowest BCUT2D eigenvalue weighted by Gasteiger charge is -2.12. The minimum Gasteiger partial charge on any atom is -0.452 e. The number of nitrogens with one attached hydrogen (secondary N) is 1. The molecule has 0 fully saturated rings. The third-order valence-corrected chi connectivity index (χ3v) is 3.26. The number of rotatable bonds is 5. The molecule has 1 N–H and O–H groups in total. The Labute approximate surface area is 135 Å². The summed E-state index contributed by atoms with van der Waals surface area (Å²) in [5.41, 5.74) is 3.12. The van der Waals surface area contributed by atoms with Crippen molar-refractivity contribution in [1.29, 1.82) is 0 Å². The van der Waals surface area contributed by atoms with Crippen molar-refractivity contribution in [2.75, 3.05) is 30.9 Å². The molecule has 0 atom stereocenters. The third-order valence-electron chi connectivity index (χ3n) is 3.26. The van der Waals surface area contributed by atoms with Gasteiger partial charge in [-0.05, 0) is 48.9 Å². The van der Waals surface area contributed by atoms with E-state index in [9.17, 15) is 9.59 Å². The van der Waals surface area contributed by atoms with Crippen molar-refractivity contribution in [2.45, 2.75) is 6.92 Å². The number of benzene rings is 2. The number of ether oxygens (including phenoxy) is 1. The maximum atomic E-state index is 11.9. The molecule has 0 aliphatic rings.